The predicted octanol–water partition coefficient (Wildman–Crippen LogP) is 8.92. The number of rotatable bonds is 12. The van der Waals surface area contributed by atoms with Crippen molar-refractivity contribution in [3.8, 4) is 11.5 Å². The van der Waals surface area contributed by atoms with Gasteiger partial charge in [0.25, 0.3) is 0 Å². The molecule has 0 spiro atoms. The molecule has 4 N–H and O–H groups in total. The summed E-state index contributed by atoms with van der Waals surface area (Å²) in [5, 5.41) is 13.2. The summed E-state index contributed by atoms with van der Waals surface area (Å²) in [4.78, 5) is 46.0. The van der Waals surface area contributed by atoms with E-state index in [2.05, 4.69) is 96.1 Å². The van der Waals surface area contributed by atoms with E-state index in [4.69, 9.17) is 9.47 Å². The van der Waals surface area contributed by atoms with Crippen LogP contribution in [0, 0.1) is 12.7 Å². The highest BCUT2D eigenvalue weighted by molar-refractivity contribution is 6.00. The molecule has 2 amide bonds. The number of carbonyl (C=O) groups is 2. The molecule has 0 radical (unpaired) electrons. The van der Waals surface area contributed by atoms with Crippen molar-refractivity contribution in [1.82, 2.24) is 19.8 Å². The van der Waals surface area contributed by atoms with Gasteiger partial charge in [-0.2, -0.15) is 0 Å². The normalized spacial score (nSPS) is 15.6. The number of nitrogens with one attached hydrogen (secondary N) is 4. The number of hydrogen-bond donors (Lipinski definition) is 4. The number of fused-ring (bicyclic) bond motifs is 2. The number of piperazine rings is 2. The molecule has 6 aromatic rings. The van der Waals surface area contributed by atoms with Crippen LogP contribution in [-0.4, -0.2) is 125 Å². The molecular formula is C55H65FN12O4. The smallest absolute Gasteiger partial charge is 0.223 e. The Hall–Kier alpha value is -7.63. The molecule has 0 atom stereocenters. The van der Waals surface area contributed by atoms with E-state index in [9.17, 15) is 9.59 Å². The summed E-state index contributed by atoms with van der Waals surface area (Å²) < 4.78 is 26.9. The minimum Gasteiger partial charge on any atom is -0.494 e. The zero-order valence-corrected chi connectivity index (χ0v) is 42.3. The number of halogens is 1. The van der Waals surface area contributed by atoms with E-state index in [-0.39, 0.29) is 23.3 Å². The number of ether oxygens (including phenoxy) is 2. The average molecular weight is 977 g/mol. The number of para-hydroxylation sites is 1. The Morgan fingerprint density at radius 3 is 1.72 bits per heavy atom. The molecule has 10 rings (SSSR count). The summed E-state index contributed by atoms with van der Waals surface area (Å²) in [5.41, 5.74) is 11.7. The monoisotopic (exact) mass is 977 g/mol. The molecule has 2 fully saturated rings. The van der Waals surface area contributed by atoms with Gasteiger partial charge in [0, 0.05) is 127 Å². The highest BCUT2D eigenvalue weighted by Crippen LogP contribution is 2.41. The van der Waals surface area contributed by atoms with Crippen LogP contribution in [0.5, 0.6) is 11.5 Å². The van der Waals surface area contributed by atoms with Crippen LogP contribution in [-0.2, 0) is 22.4 Å². The minimum absolute atomic E-state index is 0.0346. The number of methoxy groups -OCH3 is 2. The van der Waals surface area contributed by atoms with Crippen LogP contribution in [0.15, 0.2) is 97.3 Å². The average Bonchev–Trinajstić information content (AvgIpc) is 4.03. The first-order valence-electron chi connectivity index (χ1n) is 24.6. The summed E-state index contributed by atoms with van der Waals surface area (Å²) in [6.07, 6.45) is 4.97. The highest BCUT2D eigenvalue weighted by Gasteiger charge is 2.28. The standard InChI is InChI=1S/C28H34N6O2.C27H31FN6O2/c1-19-15-21-8-10-34(20(2)35)28(21)25(16-19)30-22-7-9-29-27(17-22)31-24-6-5-23(18-26(24)36-4)33-13-11-32(3)12-14-33;1-18(35)34-12-10-19-5-4-6-23(26(19)34)30-22-9-11-29-27(25(22)28)31-21-8-7-20(17-24(21)36-3)33-15-13-32(2)14-16-33/h5-7,9,15-18H,8,10-14H2,1-4H3,(H2,29,30,31);4-9,11,17H,10,12-16H2,1-3H3,(H2,29,30,31). The van der Waals surface area contributed by atoms with Gasteiger partial charge in [-0.3, -0.25) is 9.59 Å². The molecule has 17 heteroatoms. The van der Waals surface area contributed by atoms with Crippen molar-refractivity contribution in [3.05, 3.63) is 120 Å². The third kappa shape index (κ3) is 11.0. The van der Waals surface area contributed by atoms with Crippen molar-refractivity contribution in [2.45, 2.75) is 33.6 Å². The van der Waals surface area contributed by atoms with E-state index in [0.29, 0.717) is 29.5 Å². The number of aromatic nitrogens is 2. The van der Waals surface area contributed by atoms with Crippen molar-refractivity contribution in [2.75, 3.05) is 135 Å². The molecule has 2 aromatic heterocycles. The Labute approximate surface area is 421 Å². The molecule has 2 saturated heterocycles. The largest absolute Gasteiger partial charge is 0.494 e. The zero-order valence-electron chi connectivity index (χ0n) is 42.3. The van der Waals surface area contributed by atoms with Gasteiger partial charge in [0.05, 0.1) is 54.0 Å². The van der Waals surface area contributed by atoms with Crippen molar-refractivity contribution in [2.24, 2.45) is 0 Å². The fraction of sp³-hybridized carbons (Fsp3) is 0.345. The van der Waals surface area contributed by atoms with Crippen LogP contribution >= 0.6 is 0 Å². The summed E-state index contributed by atoms with van der Waals surface area (Å²) in [7, 11) is 7.58. The summed E-state index contributed by atoms with van der Waals surface area (Å²) in [6.45, 7) is 14.6. The molecule has 0 aliphatic carbocycles. The quantitative estimate of drug-likeness (QED) is 0.0926. The van der Waals surface area contributed by atoms with Crippen LogP contribution in [0.25, 0.3) is 0 Å². The van der Waals surface area contributed by atoms with Gasteiger partial charge in [0.15, 0.2) is 11.6 Å². The van der Waals surface area contributed by atoms with Crippen LogP contribution < -0.4 is 50.3 Å². The lowest BCUT2D eigenvalue weighted by molar-refractivity contribution is -0.117. The van der Waals surface area contributed by atoms with E-state index >= 15 is 4.39 Å². The van der Waals surface area contributed by atoms with Gasteiger partial charge >= 0.3 is 0 Å². The first kappa shape index (κ1) is 49.4. The summed E-state index contributed by atoms with van der Waals surface area (Å²) in [6, 6.07) is 27.6. The molecule has 4 aliphatic heterocycles. The molecule has 0 unspecified atom stereocenters. The Bertz CT molecular complexity index is 2940. The molecule has 4 aliphatic rings. The zero-order chi connectivity index (χ0) is 50.5. The SMILES string of the molecule is COc1cc(N2CCN(C)CC2)ccc1Nc1cc(Nc2cc(C)cc3c2N(C(C)=O)CC3)ccn1.COc1cc(N2CCN(C)CC2)ccc1Nc1nccc(Nc2cccc3c2N(C(C)=O)CC3)c1F. The molecule has 376 valence electrons. The molecule has 72 heavy (non-hydrogen) atoms. The van der Waals surface area contributed by atoms with Crippen molar-refractivity contribution < 1.29 is 23.5 Å². The maximum atomic E-state index is 15.6. The molecule has 4 aromatic carbocycles. The van der Waals surface area contributed by atoms with Gasteiger partial charge in [-0.05, 0) is 99.1 Å². The van der Waals surface area contributed by atoms with Crippen LogP contribution in [0.3, 0.4) is 0 Å². The van der Waals surface area contributed by atoms with E-state index in [1.54, 1.807) is 51.4 Å². The second kappa shape index (κ2) is 21.8. The number of aryl methyl sites for hydroxylation is 1. The number of nitrogens with zero attached hydrogens (tertiary/aromatic N) is 8. The highest BCUT2D eigenvalue weighted by atomic mass is 19.1. The van der Waals surface area contributed by atoms with Crippen LogP contribution in [0.1, 0.15) is 30.5 Å². The van der Waals surface area contributed by atoms with Gasteiger partial charge in [-0.15, -0.1) is 0 Å². The van der Waals surface area contributed by atoms with E-state index in [0.717, 1.165) is 123 Å². The third-order valence-corrected chi connectivity index (χ3v) is 13.8. The molecule has 16 nitrogen and oxygen atoms in total. The maximum absolute atomic E-state index is 15.6. The lowest BCUT2D eigenvalue weighted by Crippen LogP contribution is -2.44. The topological polar surface area (TPSA) is 146 Å². The van der Waals surface area contributed by atoms with Gasteiger partial charge < -0.3 is 60.1 Å². The second-order valence-electron chi connectivity index (χ2n) is 18.8. The van der Waals surface area contributed by atoms with E-state index in [1.165, 1.54) is 11.1 Å². The molecule has 0 bridgehead atoms. The van der Waals surface area contributed by atoms with Crippen molar-refractivity contribution >= 4 is 80.3 Å². The first-order chi connectivity index (χ1) is 34.8. The lowest BCUT2D eigenvalue weighted by atomic mass is 10.1. The van der Waals surface area contributed by atoms with Crippen molar-refractivity contribution in [3.63, 3.8) is 0 Å². The first-order valence-corrected chi connectivity index (χ1v) is 24.6. The predicted molar refractivity (Wildman–Crippen MR) is 288 cm³/mol. The van der Waals surface area contributed by atoms with Crippen LogP contribution in [0.2, 0.25) is 0 Å². The van der Waals surface area contributed by atoms with Crippen molar-refractivity contribution in [1.29, 1.82) is 0 Å². The fourth-order valence-corrected chi connectivity index (χ4v) is 9.85. The molecular weight excluding hydrogens is 912 g/mol. The van der Waals surface area contributed by atoms with Gasteiger partial charge in [0.1, 0.15) is 17.3 Å². The number of amides is 2. The number of hydrogen-bond acceptors (Lipinski definition) is 14. The molecule has 0 saturated carbocycles. The van der Waals surface area contributed by atoms with Gasteiger partial charge in [0.2, 0.25) is 11.8 Å². The molecule has 6 heterocycles. The number of benzene rings is 4. The summed E-state index contributed by atoms with van der Waals surface area (Å²) in [5.74, 6) is 1.69. The van der Waals surface area contributed by atoms with Gasteiger partial charge in [-0.25, -0.2) is 14.4 Å². The second-order valence-corrected chi connectivity index (χ2v) is 18.8. The van der Waals surface area contributed by atoms with Crippen LogP contribution in [0.4, 0.5) is 72.9 Å². The number of anilines is 12. The lowest BCUT2D eigenvalue weighted by Gasteiger charge is -2.34. The van der Waals surface area contributed by atoms with E-state index in [1.807, 2.05) is 59.5 Å². The number of pyridine rings is 2. The summed E-state index contributed by atoms with van der Waals surface area (Å²) >= 11 is 0. The Morgan fingerprint density at radius 1 is 0.556 bits per heavy atom. The fourth-order valence-electron chi connectivity index (χ4n) is 9.85. The maximum Gasteiger partial charge on any atom is 0.223 e. The minimum atomic E-state index is -0.521. The van der Waals surface area contributed by atoms with E-state index < -0.39 is 5.82 Å². The Morgan fingerprint density at radius 2 is 1.12 bits per heavy atom. The third-order valence-electron chi connectivity index (χ3n) is 13.8. The van der Waals surface area contributed by atoms with Gasteiger partial charge in [-0.1, -0.05) is 18.2 Å². The Kier molecular flexibility index (Phi) is 14.9. The number of carbonyl (C=O) groups excluding carboxylic acids is 2. The Balaban J connectivity index is 0.000000178. The number of likely N-dealkylation sites (N-methyl/N-ethyl adjacent to an activating group) is 2.